The number of aromatic nitrogens is 3. The van der Waals surface area contributed by atoms with Gasteiger partial charge in [0.05, 0.1) is 11.3 Å². The fraction of sp³-hybridized carbons (Fsp3) is 0.389. The van der Waals surface area contributed by atoms with E-state index in [1.807, 2.05) is 25.7 Å². The summed E-state index contributed by atoms with van der Waals surface area (Å²) in [7, 11) is 0. The van der Waals surface area contributed by atoms with Crippen LogP contribution < -0.4 is 0 Å². The van der Waals surface area contributed by atoms with Gasteiger partial charge in [0, 0.05) is 13.1 Å². The molecule has 1 amide bonds. The number of rotatable bonds is 5. The first kappa shape index (κ1) is 16.8. The van der Waals surface area contributed by atoms with Crippen LogP contribution in [0.5, 0.6) is 0 Å². The highest BCUT2D eigenvalue weighted by atomic mass is 32.2. The van der Waals surface area contributed by atoms with Crippen LogP contribution in [0.2, 0.25) is 0 Å². The van der Waals surface area contributed by atoms with Crippen LogP contribution in [0, 0.1) is 13.8 Å². The number of nitrogens with zero attached hydrogens (tertiary/aromatic N) is 4. The second-order valence-electron chi connectivity index (χ2n) is 5.89. The summed E-state index contributed by atoms with van der Waals surface area (Å²) < 4.78 is 2.06. The Hall–Kier alpha value is -2.08. The molecule has 0 unspecified atom stereocenters. The summed E-state index contributed by atoms with van der Waals surface area (Å²) in [6.07, 6.45) is 0. The van der Waals surface area contributed by atoms with Crippen LogP contribution in [-0.4, -0.2) is 44.2 Å². The zero-order valence-corrected chi connectivity index (χ0v) is 15.4. The Morgan fingerprint density at radius 2 is 1.92 bits per heavy atom. The predicted molar refractivity (Wildman–Crippen MR) is 98.6 cm³/mol. The average Bonchev–Trinajstić information content (AvgIpc) is 2.98. The molecule has 0 aliphatic carbocycles. The molecule has 0 bridgehead atoms. The third-order valence-corrected chi connectivity index (χ3v) is 5.14. The van der Waals surface area contributed by atoms with E-state index >= 15 is 0 Å². The minimum absolute atomic E-state index is 0.134. The lowest BCUT2D eigenvalue weighted by Crippen LogP contribution is -2.31. The molecule has 0 N–H and O–H groups in total. The van der Waals surface area contributed by atoms with E-state index in [0.717, 1.165) is 40.4 Å². The molecule has 126 valence electrons. The maximum absolute atomic E-state index is 12.3. The van der Waals surface area contributed by atoms with Gasteiger partial charge in [0.1, 0.15) is 0 Å². The number of pyridine rings is 1. The van der Waals surface area contributed by atoms with Crippen molar-refractivity contribution < 1.29 is 4.79 Å². The van der Waals surface area contributed by atoms with Crippen LogP contribution in [-0.2, 0) is 4.79 Å². The first-order valence-corrected chi connectivity index (χ1v) is 9.19. The maximum Gasteiger partial charge on any atom is 0.233 e. The second-order valence-corrected chi connectivity index (χ2v) is 6.83. The summed E-state index contributed by atoms with van der Waals surface area (Å²) in [6.45, 7) is 9.59. The van der Waals surface area contributed by atoms with Crippen LogP contribution in [0.15, 0.2) is 29.4 Å². The van der Waals surface area contributed by atoms with E-state index < -0.39 is 0 Å². The zero-order chi connectivity index (χ0) is 17.3. The van der Waals surface area contributed by atoms with Gasteiger partial charge in [-0.15, -0.1) is 10.2 Å². The molecule has 0 spiro atoms. The molecule has 0 saturated carbocycles. The summed E-state index contributed by atoms with van der Waals surface area (Å²) >= 11 is 1.45. The van der Waals surface area contributed by atoms with E-state index in [-0.39, 0.29) is 5.91 Å². The molecular weight excluding hydrogens is 320 g/mol. The highest BCUT2D eigenvalue weighted by Crippen LogP contribution is 2.26. The minimum Gasteiger partial charge on any atom is -0.343 e. The molecule has 6 heteroatoms. The molecule has 0 radical (unpaired) electrons. The first-order chi connectivity index (χ1) is 11.5. The number of carbonyl (C=O) groups excluding carboxylic acids is 1. The monoisotopic (exact) mass is 342 g/mol. The van der Waals surface area contributed by atoms with E-state index in [1.165, 1.54) is 17.3 Å². The van der Waals surface area contributed by atoms with Gasteiger partial charge in [-0.25, -0.2) is 0 Å². The number of aryl methyl sites for hydroxylation is 2. The lowest BCUT2D eigenvalue weighted by atomic mass is 10.1. The number of amides is 1. The van der Waals surface area contributed by atoms with E-state index in [0.29, 0.717) is 5.75 Å². The van der Waals surface area contributed by atoms with Gasteiger partial charge in [-0.1, -0.05) is 23.4 Å². The number of hydrogen-bond donors (Lipinski definition) is 0. The lowest BCUT2D eigenvalue weighted by Gasteiger charge is -2.17. The smallest absolute Gasteiger partial charge is 0.233 e. The Morgan fingerprint density at radius 3 is 2.62 bits per heavy atom. The van der Waals surface area contributed by atoms with Crippen molar-refractivity contribution >= 4 is 34.2 Å². The van der Waals surface area contributed by atoms with Crippen LogP contribution in [0.3, 0.4) is 0 Å². The third-order valence-electron chi connectivity index (χ3n) is 4.22. The van der Waals surface area contributed by atoms with Crippen LogP contribution >= 0.6 is 11.8 Å². The Bertz CT molecular complexity index is 899. The molecule has 2 heterocycles. The van der Waals surface area contributed by atoms with Gasteiger partial charge >= 0.3 is 0 Å². The van der Waals surface area contributed by atoms with Crippen molar-refractivity contribution in [2.24, 2.45) is 0 Å². The van der Waals surface area contributed by atoms with Crippen molar-refractivity contribution in [3.8, 4) is 0 Å². The second kappa shape index (κ2) is 6.81. The molecule has 3 aromatic rings. The van der Waals surface area contributed by atoms with Crippen molar-refractivity contribution in [1.29, 1.82) is 0 Å². The van der Waals surface area contributed by atoms with Crippen LogP contribution in [0.4, 0.5) is 0 Å². The van der Waals surface area contributed by atoms with Crippen molar-refractivity contribution in [3.63, 3.8) is 0 Å². The summed E-state index contributed by atoms with van der Waals surface area (Å²) in [5.74, 6) is 0.513. The Balaban J connectivity index is 2.00. The highest BCUT2D eigenvalue weighted by molar-refractivity contribution is 7.99. The molecular formula is C18H22N4OS. The molecule has 24 heavy (non-hydrogen) atoms. The standard InChI is InChI=1S/C18H22N4OS/c1-5-21(6-2)16(23)11-24-18-20-19-17-13(4)10-14-9-12(3)7-8-15(14)22(17)18/h7-10H,5-6,11H2,1-4H3. The van der Waals surface area contributed by atoms with Crippen LogP contribution in [0.1, 0.15) is 25.0 Å². The Morgan fingerprint density at radius 1 is 1.17 bits per heavy atom. The SMILES string of the molecule is CCN(CC)C(=O)CSc1nnc2c(C)cc3cc(C)ccc3n12. The predicted octanol–water partition coefficient (Wildman–Crippen LogP) is 3.46. The average molecular weight is 342 g/mol. The number of hydrogen-bond acceptors (Lipinski definition) is 4. The van der Waals surface area contributed by atoms with Gasteiger partial charge in [-0.3, -0.25) is 9.20 Å². The quantitative estimate of drug-likeness (QED) is 0.666. The van der Waals surface area contributed by atoms with Crippen LogP contribution in [0.25, 0.3) is 16.6 Å². The molecule has 3 rings (SSSR count). The van der Waals surface area contributed by atoms with Crippen molar-refractivity contribution in [2.75, 3.05) is 18.8 Å². The normalized spacial score (nSPS) is 11.3. The van der Waals surface area contributed by atoms with Gasteiger partial charge in [-0.05, 0) is 56.8 Å². The molecule has 0 aliphatic rings. The van der Waals surface area contributed by atoms with Gasteiger partial charge in [-0.2, -0.15) is 0 Å². The van der Waals surface area contributed by atoms with E-state index in [1.54, 1.807) is 0 Å². The highest BCUT2D eigenvalue weighted by Gasteiger charge is 2.15. The van der Waals surface area contributed by atoms with Gasteiger partial charge in [0.2, 0.25) is 5.91 Å². The van der Waals surface area contributed by atoms with E-state index in [2.05, 4.69) is 45.8 Å². The number of carbonyl (C=O) groups is 1. The van der Waals surface area contributed by atoms with E-state index in [4.69, 9.17) is 0 Å². The fourth-order valence-electron chi connectivity index (χ4n) is 2.92. The summed E-state index contributed by atoms with van der Waals surface area (Å²) in [5, 5.41) is 10.6. The fourth-order valence-corrected chi connectivity index (χ4v) is 3.77. The molecule has 2 aromatic heterocycles. The largest absolute Gasteiger partial charge is 0.343 e. The molecule has 0 aliphatic heterocycles. The molecule has 0 fully saturated rings. The minimum atomic E-state index is 0.134. The molecule has 1 aromatic carbocycles. The number of benzene rings is 1. The molecule has 0 saturated heterocycles. The number of fused-ring (bicyclic) bond motifs is 3. The maximum atomic E-state index is 12.3. The van der Waals surface area contributed by atoms with Crippen molar-refractivity contribution in [2.45, 2.75) is 32.9 Å². The van der Waals surface area contributed by atoms with Crippen molar-refractivity contribution in [3.05, 3.63) is 35.4 Å². The van der Waals surface area contributed by atoms with Gasteiger partial charge < -0.3 is 4.90 Å². The third kappa shape index (κ3) is 2.98. The van der Waals surface area contributed by atoms with Gasteiger partial charge in [0.25, 0.3) is 0 Å². The van der Waals surface area contributed by atoms with Crippen molar-refractivity contribution in [1.82, 2.24) is 19.5 Å². The first-order valence-electron chi connectivity index (χ1n) is 8.20. The topological polar surface area (TPSA) is 50.5 Å². The summed E-state index contributed by atoms with van der Waals surface area (Å²) in [5.41, 5.74) is 4.23. The molecule has 0 atom stereocenters. The summed E-state index contributed by atoms with van der Waals surface area (Å²) in [4.78, 5) is 14.1. The Kier molecular flexibility index (Phi) is 4.76. The lowest BCUT2D eigenvalue weighted by molar-refractivity contribution is -0.127. The summed E-state index contributed by atoms with van der Waals surface area (Å²) in [6, 6.07) is 8.49. The number of thioether (sulfide) groups is 1. The molecule has 5 nitrogen and oxygen atoms in total. The van der Waals surface area contributed by atoms with Gasteiger partial charge in [0.15, 0.2) is 10.8 Å². The van der Waals surface area contributed by atoms with E-state index in [9.17, 15) is 4.79 Å². The zero-order valence-electron chi connectivity index (χ0n) is 14.5. The Labute approximate surface area is 146 Å².